The largest absolute Gasteiger partial charge is 0.416 e. The van der Waals surface area contributed by atoms with Crippen molar-refractivity contribution in [2.45, 2.75) is 37.9 Å². The summed E-state index contributed by atoms with van der Waals surface area (Å²) < 4.78 is 39.9. The molecule has 1 saturated heterocycles. The van der Waals surface area contributed by atoms with E-state index in [9.17, 15) is 13.2 Å². The van der Waals surface area contributed by atoms with Crippen LogP contribution in [0, 0.1) is 0 Å². The number of rotatable bonds is 7. The van der Waals surface area contributed by atoms with Gasteiger partial charge in [-0.05, 0) is 43.0 Å². The predicted molar refractivity (Wildman–Crippen MR) is 95.0 cm³/mol. The molecule has 2 rings (SSSR count). The first-order valence-electron chi connectivity index (χ1n) is 8.35. The first-order valence-corrected chi connectivity index (χ1v) is 9.14. The Morgan fingerprint density at radius 1 is 1.21 bits per heavy atom. The Labute approximate surface area is 150 Å². The summed E-state index contributed by atoms with van der Waals surface area (Å²) in [4.78, 5) is 2.30. The van der Waals surface area contributed by atoms with Crippen molar-refractivity contribution < 1.29 is 13.2 Å². The highest BCUT2D eigenvalue weighted by molar-refractivity contribution is 9.10. The summed E-state index contributed by atoms with van der Waals surface area (Å²) in [6.07, 6.45) is 1.37. The van der Waals surface area contributed by atoms with Gasteiger partial charge in [0.25, 0.3) is 0 Å². The summed E-state index contributed by atoms with van der Waals surface area (Å²) in [6.45, 7) is 7.20. The van der Waals surface area contributed by atoms with Crippen LogP contribution in [-0.4, -0.2) is 31.1 Å². The van der Waals surface area contributed by atoms with E-state index < -0.39 is 11.7 Å². The maximum atomic E-state index is 13.2. The minimum atomic E-state index is -4.32. The maximum absolute atomic E-state index is 13.2. The fourth-order valence-electron chi connectivity index (χ4n) is 3.15. The van der Waals surface area contributed by atoms with E-state index in [0.29, 0.717) is 4.47 Å². The van der Waals surface area contributed by atoms with E-state index >= 15 is 0 Å². The average Bonchev–Trinajstić information content (AvgIpc) is 2.54. The lowest BCUT2D eigenvalue weighted by atomic mass is 9.96. The van der Waals surface area contributed by atoms with E-state index in [1.165, 1.54) is 6.07 Å². The molecule has 0 spiro atoms. The highest BCUT2D eigenvalue weighted by Gasteiger charge is 2.32. The molecular formula is C18H24BrF3N2. The molecule has 1 aliphatic rings. The van der Waals surface area contributed by atoms with E-state index in [-0.39, 0.29) is 6.04 Å². The number of hydrogen-bond donors (Lipinski definition) is 1. The molecular weight excluding hydrogens is 381 g/mol. The Bertz CT molecular complexity index is 540. The van der Waals surface area contributed by atoms with Gasteiger partial charge in [-0.1, -0.05) is 28.4 Å². The van der Waals surface area contributed by atoms with E-state index in [4.69, 9.17) is 0 Å². The fraction of sp³-hybridized carbons (Fsp3) is 0.556. The number of benzene rings is 1. The van der Waals surface area contributed by atoms with Gasteiger partial charge in [-0.2, -0.15) is 13.2 Å². The van der Waals surface area contributed by atoms with Crippen molar-refractivity contribution >= 4 is 15.9 Å². The van der Waals surface area contributed by atoms with Crippen molar-refractivity contribution in [1.82, 2.24) is 10.2 Å². The van der Waals surface area contributed by atoms with E-state index in [1.807, 2.05) is 12.1 Å². The zero-order valence-corrected chi connectivity index (χ0v) is 15.3. The second-order valence-electron chi connectivity index (χ2n) is 6.15. The number of piperazine rings is 1. The van der Waals surface area contributed by atoms with Gasteiger partial charge in [-0.25, -0.2) is 0 Å². The molecule has 1 fully saturated rings. The zero-order chi connectivity index (χ0) is 17.6. The Kier molecular flexibility index (Phi) is 7.32. The van der Waals surface area contributed by atoms with Crippen molar-refractivity contribution in [2.24, 2.45) is 0 Å². The number of allylic oxidation sites excluding steroid dienone is 1. The fourth-order valence-corrected chi connectivity index (χ4v) is 3.66. The van der Waals surface area contributed by atoms with Crippen LogP contribution in [0.25, 0.3) is 0 Å². The lowest BCUT2D eigenvalue weighted by Crippen LogP contribution is -2.45. The Hall–Kier alpha value is -0.850. The quantitative estimate of drug-likeness (QED) is 0.498. The summed E-state index contributed by atoms with van der Waals surface area (Å²) in [5.74, 6) is 0. The van der Waals surface area contributed by atoms with Crippen LogP contribution in [0.5, 0.6) is 0 Å². The highest BCUT2D eigenvalue weighted by atomic mass is 79.9. The van der Waals surface area contributed by atoms with E-state index in [1.54, 1.807) is 0 Å². The van der Waals surface area contributed by atoms with Crippen LogP contribution in [0.2, 0.25) is 0 Å². The summed E-state index contributed by atoms with van der Waals surface area (Å²) >= 11 is 3.25. The summed E-state index contributed by atoms with van der Waals surface area (Å²) in [6, 6.07) is 4.31. The van der Waals surface area contributed by atoms with Gasteiger partial charge in [0.1, 0.15) is 0 Å². The van der Waals surface area contributed by atoms with Crippen molar-refractivity contribution in [3.63, 3.8) is 0 Å². The molecule has 1 heterocycles. The molecule has 1 aromatic rings. The van der Waals surface area contributed by atoms with E-state index in [0.717, 1.165) is 63.5 Å². The molecule has 0 unspecified atom stereocenters. The average molecular weight is 405 g/mol. The van der Waals surface area contributed by atoms with Gasteiger partial charge in [0.15, 0.2) is 0 Å². The van der Waals surface area contributed by atoms with Gasteiger partial charge in [0, 0.05) is 36.7 Å². The molecule has 1 atom stereocenters. The molecule has 1 aliphatic heterocycles. The Balaban J connectivity index is 2.24. The number of hydrogen-bond acceptors (Lipinski definition) is 2. The Morgan fingerprint density at radius 2 is 1.92 bits per heavy atom. The molecule has 0 aromatic heterocycles. The second-order valence-corrected chi connectivity index (χ2v) is 7.06. The third kappa shape index (κ3) is 5.60. The third-order valence-electron chi connectivity index (χ3n) is 4.36. The topological polar surface area (TPSA) is 15.3 Å². The normalized spacial score (nSPS) is 17.7. The maximum Gasteiger partial charge on any atom is 0.416 e. The van der Waals surface area contributed by atoms with Gasteiger partial charge >= 0.3 is 6.18 Å². The van der Waals surface area contributed by atoms with Gasteiger partial charge in [-0.3, -0.25) is 4.90 Å². The lowest BCUT2D eigenvalue weighted by molar-refractivity contribution is -0.137. The third-order valence-corrected chi connectivity index (χ3v) is 4.82. The summed E-state index contributed by atoms with van der Waals surface area (Å²) in [5.41, 5.74) is 0.162. The minimum Gasteiger partial charge on any atom is -0.314 e. The monoisotopic (exact) mass is 404 g/mol. The van der Waals surface area contributed by atoms with Crippen LogP contribution < -0.4 is 5.32 Å². The first kappa shape index (κ1) is 19.5. The molecule has 134 valence electrons. The molecule has 0 amide bonds. The van der Waals surface area contributed by atoms with Gasteiger partial charge in [0.05, 0.1) is 5.56 Å². The highest BCUT2D eigenvalue weighted by Crippen LogP contribution is 2.36. The van der Waals surface area contributed by atoms with E-state index in [2.05, 4.69) is 32.7 Å². The number of halogens is 4. The van der Waals surface area contributed by atoms with Crippen LogP contribution >= 0.6 is 15.9 Å². The standard InChI is InChI=1S/C18H24BrF3N2/c1-2-3-4-5-6-17(24-9-7-23-8-10-24)14-11-15(18(20,21)22)13-16(19)12-14/h2,11-13,17,23H,1,3-10H2/t17-/m0/s1. The molecule has 1 N–H and O–H groups in total. The summed E-state index contributed by atoms with van der Waals surface area (Å²) in [7, 11) is 0. The van der Waals surface area contributed by atoms with Crippen LogP contribution in [-0.2, 0) is 6.18 Å². The SMILES string of the molecule is C=CCCCC[C@@H](c1cc(Br)cc(C(F)(F)F)c1)N1CCNCC1. The predicted octanol–water partition coefficient (Wildman–Crippen LogP) is 5.16. The number of unbranched alkanes of at least 4 members (excludes halogenated alkanes) is 2. The molecule has 0 aliphatic carbocycles. The number of nitrogens with zero attached hydrogens (tertiary/aromatic N) is 1. The zero-order valence-electron chi connectivity index (χ0n) is 13.7. The minimum absolute atomic E-state index is 0.0236. The van der Waals surface area contributed by atoms with Crippen LogP contribution in [0.3, 0.4) is 0 Å². The number of alkyl halides is 3. The molecule has 0 bridgehead atoms. The molecule has 1 aromatic carbocycles. The van der Waals surface area contributed by atoms with Crippen LogP contribution in [0.1, 0.15) is 42.9 Å². The molecule has 6 heteroatoms. The van der Waals surface area contributed by atoms with Crippen molar-refractivity contribution in [3.8, 4) is 0 Å². The van der Waals surface area contributed by atoms with Crippen LogP contribution in [0.4, 0.5) is 13.2 Å². The first-order chi connectivity index (χ1) is 11.4. The summed E-state index contributed by atoms with van der Waals surface area (Å²) in [5, 5.41) is 3.30. The van der Waals surface area contributed by atoms with Gasteiger partial charge in [0.2, 0.25) is 0 Å². The van der Waals surface area contributed by atoms with Gasteiger partial charge in [-0.15, -0.1) is 6.58 Å². The molecule has 2 nitrogen and oxygen atoms in total. The molecule has 24 heavy (non-hydrogen) atoms. The molecule has 0 saturated carbocycles. The second kappa shape index (κ2) is 9.02. The Morgan fingerprint density at radius 3 is 2.54 bits per heavy atom. The lowest BCUT2D eigenvalue weighted by Gasteiger charge is -2.35. The van der Waals surface area contributed by atoms with Crippen molar-refractivity contribution in [3.05, 3.63) is 46.5 Å². The van der Waals surface area contributed by atoms with Crippen LogP contribution in [0.15, 0.2) is 35.3 Å². The number of nitrogens with one attached hydrogen (secondary N) is 1. The van der Waals surface area contributed by atoms with Crippen molar-refractivity contribution in [2.75, 3.05) is 26.2 Å². The van der Waals surface area contributed by atoms with Gasteiger partial charge < -0.3 is 5.32 Å². The van der Waals surface area contributed by atoms with Crippen molar-refractivity contribution in [1.29, 1.82) is 0 Å². The smallest absolute Gasteiger partial charge is 0.314 e. The molecule has 0 radical (unpaired) electrons.